The number of hydrazine groups is 1. The Morgan fingerprint density at radius 3 is 2.65 bits per heavy atom. The summed E-state index contributed by atoms with van der Waals surface area (Å²) in [5.41, 5.74) is 1.64. The van der Waals surface area contributed by atoms with E-state index in [1.54, 1.807) is 11.3 Å². The van der Waals surface area contributed by atoms with Gasteiger partial charge in [0.05, 0.1) is 6.54 Å². The van der Waals surface area contributed by atoms with Crippen molar-refractivity contribution in [2.75, 3.05) is 6.54 Å². The smallest absolute Gasteiger partial charge is 0.322 e. The molecule has 8 heteroatoms. The van der Waals surface area contributed by atoms with Crippen molar-refractivity contribution in [3.63, 3.8) is 0 Å². The Morgan fingerprint density at radius 1 is 1.31 bits per heavy atom. The number of thiophene rings is 1. The summed E-state index contributed by atoms with van der Waals surface area (Å²) < 4.78 is 0. The number of carbonyl (C=O) groups excluding carboxylic acids is 3. The number of nitrogens with zero attached hydrogens (tertiary/aromatic N) is 1. The van der Waals surface area contributed by atoms with E-state index in [1.807, 2.05) is 17.5 Å². The number of amides is 4. The highest BCUT2D eigenvalue weighted by Gasteiger charge is 2.52. The quantitative estimate of drug-likeness (QED) is 0.663. The Bertz CT molecular complexity index is 668. The zero-order valence-corrected chi connectivity index (χ0v) is 16.0. The molecule has 26 heavy (non-hydrogen) atoms. The van der Waals surface area contributed by atoms with Gasteiger partial charge < -0.3 is 10.6 Å². The zero-order valence-electron chi connectivity index (χ0n) is 15.2. The zero-order chi connectivity index (χ0) is 18.7. The Morgan fingerprint density at radius 2 is 2.04 bits per heavy atom. The summed E-state index contributed by atoms with van der Waals surface area (Å²) in [7, 11) is 0. The lowest BCUT2D eigenvalue weighted by Gasteiger charge is -2.30. The average molecular weight is 378 g/mol. The van der Waals surface area contributed by atoms with Crippen LogP contribution in [0.15, 0.2) is 17.5 Å². The summed E-state index contributed by atoms with van der Waals surface area (Å²) in [4.78, 5) is 38.3. The third-order valence-electron chi connectivity index (χ3n) is 5.10. The molecule has 1 unspecified atom stereocenters. The second-order valence-electron chi connectivity index (χ2n) is 7.37. The van der Waals surface area contributed by atoms with E-state index >= 15 is 0 Å². The maximum absolute atomic E-state index is 12.7. The van der Waals surface area contributed by atoms with Crippen molar-refractivity contribution >= 4 is 29.2 Å². The largest absolute Gasteiger partial charge is 0.344 e. The van der Waals surface area contributed by atoms with Crippen molar-refractivity contribution in [2.45, 2.75) is 57.5 Å². The molecule has 3 rings (SSSR count). The molecule has 0 radical (unpaired) electrons. The summed E-state index contributed by atoms with van der Waals surface area (Å²) in [5, 5.41) is 8.86. The van der Waals surface area contributed by atoms with Gasteiger partial charge in [-0.1, -0.05) is 39.2 Å². The monoisotopic (exact) mass is 378 g/mol. The maximum Gasteiger partial charge on any atom is 0.344 e. The molecule has 1 aliphatic heterocycles. The molecular formula is C18H26N4O3S. The number of rotatable bonds is 6. The number of carbonyl (C=O) groups is 3. The molecule has 1 spiro atoms. The lowest BCUT2D eigenvalue weighted by atomic mass is 9.82. The SMILES string of the molecule is CC(C)C(NCC(=O)NN1C(=O)NC2(CCCCC2)C1=O)c1cccs1. The molecule has 1 aromatic heterocycles. The topological polar surface area (TPSA) is 90.5 Å². The molecule has 2 heterocycles. The van der Waals surface area contributed by atoms with Crippen LogP contribution in [0.1, 0.15) is 56.9 Å². The molecule has 0 aromatic carbocycles. The number of hydrogen-bond donors (Lipinski definition) is 3. The highest BCUT2D eigenvalue weighted by Crippen LogP contribution is 2.33. The van der Waals surface area contributed by atoms with Gasteiger partial charge >= 0.3 is 6.03 Å². The van der Waals surface area contributed by atoms with E-state index in [0.717, 1.165) is 29.1 Å². The van der Waals surface area contributed by atoms with E-state index in [4.69, 9.17) is 0 Å². The second-order valence-corrected chi connectivity index (χ2v) is 8.35. The Balaban J connectivity index is 1.57. The van der Waals surface area contributed by atoms with Crippen LogP contribution >= 0.6 is 11.3 Å². The third kappa shape index (κ3) is 3.76. The number of nitrogens with one attached hydrogen (secondary N) is 3. The third-order valence-corrected chi connectivity index (χ3v) is 6.06. The van der Waals surface area contributed by atoms with Crippen LogP contribution in [-0.4, -0.2) is 34.9 Å². The van der Waals surface area contributed by atoms with Crippen molar-refractivity contribution < 1.29 is 14.4 Å². The first-order valence-corrected chi connectivity index (χ1v) is 10.0. The summed E-state index contributed by atoms with van der Waals surface area (Å²) in [6, 6.07) is 3.52. The van der Waals surface area contributed by atoms with E-state index in [0.29, 0.717) is 18.8 Å². The fraction of sp³-hybridized carbons (Fsp3) is 0.611. The fourth-order valence-corrected chi connectivity index (χ4v) is 4.69. The minimum Gasteiger partial charge on any atom is -0.322 e. The highest BCUT2D eigenvalue weighted by atomic mass is 32.1. The molecule has 1 saturated heterocycles. The number of urea groups is 1. The number of hydrogen-bond acceptors (Lipinski definition) is 5. The van der Waals surface area contributed by atoms with Gasteiger partial charge in [0.15, 0.2) is 0 Å². The predicted octanol–water partition coefficient (Wildman–Crippen LogP) is 2.32. The molecule has 2 fully saturated rings. The molecular weight excluding hydrogens is 352 g/mol. The molecule has 142 valence electrons. The van der Waals surface area contributed by atoms with Crippen LogP contribution in [0.4, 0.5) is 4.79 Å². The van der Waals surface area contributed by atoms with Crippen LogP contribution in [0.2, 0.25) is 0 Å². The van der Waals surface area contributed by atoms with Gasteiger partial charge in [0, 0.05) is 10.9 Å². The first-order chi connectivity index (χ1) is 12.4. The Hall–Kier alpha value is -1.93. The first kappa shape index (κ1) is 18.8. The van der Waals surface area contributed by atoms with Crippen molar-refractivity contribution in [3.8, 4) is 0 Å². The summed E-state index contributed by atoms with van der Waals surface area (Å²) in [6.07, 6.45) is 4.16. The van der Waals surface area contributed by atoms with Crippen LogP contribution in [-0.2, 0) is 9.59 Å². The lowest BCUT2D eigenvalue weighted by Crippen LogP contribution is -2.52. The van der Waals surface area contributed by atoms with Gasteiger partial charge in [0.25, 0.3) is 11.8 Å². The minimum absolute atomic E-state index is 0.0325. The van der Waals surface area contributed by atoms with Crippen molar-refractivity contribution in [3.05, 3.63) is 22.4 Å². The second kappa shape index (κ2) is 7.75. The molecule has 0 bridgehead atoms. The summed E-state index contributed by atoms with van der Waals surface area (Å²) in [5.74, 6) is -0.429. The fourth-order valence-electron chi connectivity index (χ4n) is 3.72. The lowest BCUT2D eigenvalue weighted by molar-refractivity contribution is -0.139. The van der Waals surface area contributed by atoms with Gasteiger partial charge in [-0.15, -0.1) is 11.3 Å². The van der Waals surface area contributed by atoms with E-state index in [9.17, 15) is 14.4 Å². The van der Waals surface area contributed by atoms with Crippen LogP contribution in [0.5, 0.6) is 0 Å². The molecule has 1 atom stereocenters. The van der Waals surface area contributed by atoms with E-state index in [2.05, 4.69) is 29.9 Å². The summed E-state index contributed by atoms with van der Waals surface area (Å²) in [6.45, 7) is 4.20. The van der Waals surface area contributed by atoms with Gasteiger partial charge in [0.1, 0.15) is 5.54 Å². The average Bonchev–Trinajstić information content (AvgIpc) is 3.20. The predicted molar refractivity (Wildman–Crippen MR) is 99.2 cm³/mol. The first-order valence-electron chi connectivity index (χ1n) is 9.16. The van der Waals surface area contributed by atoms with Gasteiger partial charge in [-0.2, -0.15) is 5.01 Å². The maximum atomic E-state index is 12.7. The van der Waals surface area contributed by atoms with E-state index < -0.39 is 17.5 Å². The van der Waals surface area contributed by atoms with E-state index in [1.165, 1.54) is 0 Å². The minimum atomic E-state index is -0.826. The molecule has 1 aromatic rings. The Labute approximate surface area is 157 Å². The normalized spacial score (nSPS) is 20.5. The standard InChI is InChI=1S/C18H26N4O3S/c1-12(2)15(13-7-6-10-26-13)19-11-14(23)21-22-16(24)18(20-17(22)25)8-4-3-5-9-18/h6-7,10,12,15,19H,3-5,8-9,11H2,1-2H3,(H,20,25)(H,21,23). The molecule has 1 aliphatic carbocycles. The molecule has 4 amide bonds. The van der Waals surface area contributed by atoms with Gasteiger partial charge in [0.2, 0.25) is 0 Å². The molecule has 7 nitrogen and oxygen atoms in total. The van der Waals surface area contributed by atoms with Crippen molar-refractivity contribution in [1.82, 2.24) is 21.1 Å². The van der Waals surface area contributed by atoms with Crippen molar-refractivity contribution in [1.29, 1.82) is 0 Å². The van der Waals surface area contributed by atoms with Gasteiger partial charge in [-0.3, -0.25) is 15.0 Å². The summed E-state index contributed by atoms with van der Waals surface area (Å²) >= 11 is 1.64. The Kier molecular flexibility index (Phi) is 5.62. The number of imide groups is 1. The van der Waals surface area contributed by atoms with Crippen molar-refractivity contribution in [2.24, 2.45) is 5.92 Å². The van der Waals surface area contributed by atoms with Gasteiger partial charge in [-0.05, 0) is 30.2 Å². The van der Waals surface area contributed by atoms with Crippen LogP contribution in [0.3, 0.4) is 0 Å². The van der Waals surface area contributed by atoms with E-state index in [-0.39, 0.29) is 18.5 Å². The molecule has 3 N–H and O–H groups in total. The highest BCUT2D eigenvalue weighted by molar-refractivity contribution is 7.10. The van der Waals surface area contributed by atoms with Gasteiger partial charge in [-0.25, -0.2) is 4.79 Å². The van der Waals surface area contributed by atoms with Crippen LogP contribution < -0.4 is 16.1 Å². The van der Waals surface area contributed by atoms with Crippen LogP contribution in [0, 0.1) is 5.92 Å². The molecule has 1 saturated carbocycles. The molecule has 2 aliphatic rings. The van der Waals surface area contributed by atoms with Crippen LogP contribution in [0.25, 0.3) is 0 Å².